The van der Waals surface area contributed by atoms with Crippen LogP contribution in [0.25, 0.3) is 0 Å². The molecule has 2 aliphatic rings. The highest BCUT2D eigenvalue weighted by molar-refractivity contribution is 5.78. The lowest BCUT2D eigenvalue weighted by Gasteiger charge is -2.11. The summed E-state index contributed by atoms with van der Waals surface area (Å²) in [4.78, 5) is 22.5. The van der Waals surface area contributed by atoms with Gasteiger partial charge in [-0.15, -0.1) is 0 Å². The predicted molar refractivity (Wildman–Crippen MR) is 110 cm³/mol. The zero-order chi connectivity index (χ0) is 20.2. The maximum atomic E-state index is 11.2. The molecule has 0 aliphatic heterocycles. The Kier molecular flexibility index (Phi) is 6.47. The number of benzene rings is 1. The van der Waals surface area contributed by atoms with Gasteiger partial charge >= 0.3 is 11.9 Å². The van der Waals surface area contributed by atoms with E-state index in [9.17, 15) is 19.8 Å². The first-order valence-corrected chi connectivity index (χ1v) is 10.9. The molecule has 0 aromatic heterocycles. The van der Waals surface area contributed by atoms with Crippen molar-refractivity contribution in [2.45, 2.75) is 90.4 Å². The molecule has 0 radical (unpaired) electrons. The third-order valence-electron chi connectivity index (χ3n) is 6.80. The lowest BCUT2D eigenvalue weighted by Crippen LogP contribution is -2.14. The van der Waals surface area contributed by atoms with Gasteiger partial charge in [0.25, 0.3) is 0 Å². The largest absolute Gasteiger partial charge is 0.481 e. The van der Waals surface area contributed by atoms with Crippen molar-refractivity contribution in [2.75, 3.05) is 0 Å². The molecule has 0 heterocycles. The summed E-state index contributed by atoms with van der Waals surface area (Å²) >= 11 is 0. The van der Waals surface area contributed by atoms with Crippen LogP contribution in [0.3, 0.4) is 0 Å². The van der Waals surface area contributed by atoms with E-state index < -0.39 is 17.4 Å². The Morgan fingerprint density at radius 2 is 1.18 bits per heavy atom. The Morgan fingerprint density at radius 1 is 0.750 bits per heavy atom. The van der Waals surface area contributed by atoms with E-state index in [-0.39, 0.29) is 5.41 Å². The summed E-state index contributed by atoms with van der Waals surface area (Å²) in [5, 5.41) is 18.5. The molecular weight excluding hydrogens is 352 g/mol. The average molecular weight is 387 g/mol. The predicted octanol–water partition coefficient (Wildman–Crippen LogP) is 5.54. The SMILES string of the molecule is Cc1cc(CCCCCC2(C(=O)O)CC2)cc(CCCCC2(C(=O)O)CC2)c1. The van der Waals surface area contributed by atoms with Crippen LogP contribution in [0, 0.1) is 17.8 Å². The first-order valence-electron chi connectivity index (χ1n) is 10.9. The number of aryl methyl sites for hydroxylation is 3. The molecule has 0 spiro atoms. The fraction of sp³-hybridized carbons (Fsp3) is 0.667. The Balaban J connectivity index is 1.37. The average Bonchev–Trinajstić information content (AvgIpc) is 3.53. The van der Waals surface area contributed by atoms with Gasteiger partial charge in [-0.1, -0.05) is 43.0 Å². The number of unbranched alkanes of at least 4 members (excludes halogenated alkanes) is 3. The van der Waals surface area contributed by atoms with Crippen LogP contribution in [-0.2, 0) is 22.4 Å². The van der Waals surface area contributed by atoms with Crippen LogP contribution in [0.15, 0.2) is 18.2 Å². The Labute approximate surface area is 168 Å². The van der Waals surface area contributed by atoms with Gasteiger partial charge in [0.15, 0.2) is 0 Å². The van der Waals surface area contributed by atoms with Gasteiger partial charge in [0, 0.05) is 0 Å². The van der Waals surface area contributed by atoms with Crippen molar-refractivity contribution in [1.82, 2.24) is 0 Å². The molecule has 28 heavy (non-hydrogen) atoms. The molecule has 2 N–H and O–H groups in total. The second-order valence-corrected chi connectivity index (χ2v) is 9.27. The van der Waals surface area contributed by atoms with Gasteiger partial charge < -0.3 is 10.2 Å². The van der Waals surface area contributed by atoms with Gasteiger partial charge in [-0.25, -0.2) is 0 Å². The Bertz CT molecular complexity index is 713. The fourth-order valence-electron chi connectivity index (χ4n) is 4.44. The summed E-state index contributed by atoms with van der Waals surface area (Å²) in [5.74, 6) is -1.21. The molecule has 0 atom stereocenters. The molecule has 0 saturated heterocycles. The van der Waals surface area contributed by atoms with Crippen molar-refractivity contribution in [1.29, 1.82) is 0 Å². The normalized spacial score (nSPS) is 18.6. The molecule has 0 bridgehead atoms. The Hall–Kier alpha value is -1.84. The van der Waals surface area contributed by atoms with Crippen molar-refractivity contribution < 1.29 is 19.8 Å². The van der Waals surface area contributed by atoms with Crippen molar-refractivity contribution in [3.63, 3.8) is 0 Å². The fourth-order valence-corrected chi connectivity index (χ4v) is 4.44. The van der Waals surface area contributed by atoms with Gasteiger partial charge in [0.2, 0.25) is 0 Å². The van der Waals surface area contributed by atoms with Crippen LogP contribution < -0.4 is 0 Å². The quantitative estimate of drug-likeness (QED) is 0.436. The van der Waals surface area contributed by atoms with E-state index in [0.717, 1.165) is 83.5 Å². The highest BCUT2D eigenvalue weighted by Crippen LogP contribution is 2.50. The second-order valence-electron chi connectivity index (χ2n) is 9.27. The van der Waals surface area contributed by atoms with Crippen LogP contribution in [0.2, 0.25) is 0 Å². The van der Waals surface area contributed by atoms with Crippen LogP contribution in [-0.4, -0.2) is 22.2 Å². The van der Waals surface area contributed by atoms with E-state index in [0.29, 0.717) is 0 Å². The van der Waals surface area contributed by atoms with Crippen molar-refractivity contribution in [3.8, 4) is 0 Å². The first kappa shape index (κ1) is 20.9. The van der Waals surface area contributed by atoms with Crippen molar-refractivity contribution >= 4 is 11.9 Å². The summed E-state index contributed by atoms with van der Waals surface area (Å²) in [6.45, 7) is 2.14. The molecule has 2 fully saturated rings. The van der Waals surface area contributed by atoms with E-state index in [1.807, 2.05) is 0 Å². The monoisotopic (exact) mass is 386 g/mol. The molecule has 3 rings (SSSR count). The number of aliphatic carboxylic acids is 2. The molecule has 1 aromatic rings. The van der Waals surface area contributed by atoms with E-state index >= 15 is 0 Å². The zero-order valence-electron chi connectivity index (χ0n) is 17.1. The van der Waals surface area contributed by atoms with Gasteiger partial charge in [-0.05, 0) is 82.3 Å². The molecule has 0 unspecified atom stereocenters. The molecular formula is C24H34O4. The molecule has 4 nitrogen and oxygen atoms in total. The minimum atomic E-state index is -0.610. The molecule has 1 aromatic carbocycles. The second kappa shape index (κ2) is 8.67. The summed E-state index contributed by atoms with van der Waals surface area (Å²) in [7, 11) is 0. The lowest BCUT2D eigenvalue weighted by molar-refractivity contribution is -0.144. The highest BCUT2D eigenvalue weighted by atomic mass is 16.4. The number of carboxylic acids is 2. The lowest BCUT2D eigenvalue weighted by atomic mass is 9.94. The summed E-state index contributed by atoms with van der Waals surface area (Å²) < 4.78 is 0. The van der Waals surface area contributed by atoms with Crippen LogP contribution in [0.4, 0.5) is 0 Å². The highest BCUT2D eigenvalue weighted by Gasteiger charge is 2.49. The summed E-state index contributed by atoms with van der Waals surface area (Å²) in [5.41, 5.74) is 3.25. The van der Waals surface area contributed by atoms with Crippen LogP contribution >= 0.6 is 0 Å². The van der Waals surface area contributed by atoms with Gasteiger partial charge in [-0.3, -0.25) is 9.59 Å². The van der Waals surface area contributed by atoms with Gasteiger partial charge in [0.1, 0.15) is 0 Å². The number of hydrogen-bond donors (Lipinski definition) is 2. The van der Waals surface area contributed by atoms with E-state index in [1.54, 1.807) is 0 Å². The van der Waals surface area contributed by atoms with E-state index in [2.05, 4.69) is 25.1 Å². The first-order chi connectivity index (χ1) is 13.4. The van der Waals surface area contributed by atoms with Gasteiger partial charge in [0.05, 0.1) is 10.8 Å². The molecule has 2 aliphatic carbocycles. The van der Waals surface area contributed by atoms with Crippen molar-refractivity contribution in [3.05, 3.63) is 34.9 Å². The summed E-state index contributed by atoms with van der Waals surface area (Å²) in [6.07, 6.45) is 12.4. The number of hydrogen-bond acceptors (Lipinski definition) is 2. The smallest absolute Gasteiger partial charge is 0.309 e. The molecule has 0 amide bonds. The molecule has 4 heteroatoms. The summed E-state index contributed by atoms with van der Waals surface area (Å²) in [6, 6.07) is 6.81. The van der Waals surface area contributed by atoms with Crippen LogP contribution in [0.1, 0.15) is 87.3 Å². The Morgan fingerprint density at radius 3 is 1.61 bits per heavy atom. The minimum Gasteiger partial charge on any atom is -0.481 e. The minimum absolute atomic E-state index is 0.379. The maximum absolute atomic E-state index is 11.2. The number of carbonyl (C=O) groups is 2. The maximum Gasteiger partial charge on any atom is 0.309 e. The van der Waals surface area contributed by atoms with Gasteiger partial charge in [-0.2, -0.15) is 0 Å². The van der Waals surface area contributed by atoms with E-state index in [1.165, 1.54) is 16.7 Å². The van der Waals surface area contributed by atoms with Crippen molar-refractivity contribution in [2.24, 2.45) is 10.8 Å². The third kappa shape index (κ3) is 5.36. The topological polar surface area (TPSA) is 74.6 Å². The van der Waals surface area contributed by atoms with E-state index in [4.69, 9.17) is 0 Å². The third-order valence-corrected chi connectivity index (χ3v) is 6.80. The number of rotatable bonds is 13. The number of carboxylic acid groups (broad SMARTS) is 2. The van der Waals surface area contributed by atoms with Crippen LogP contribution in [0.5, 0.6) is 0 Å². The zero-order valence-corrected chi connectivity index (χ0v) is 17.1. The molecule has 154 valence electrons. The molecule has 2 saturated carbocycles. The standard InChI is InChI=1S/C24H34O4/c1-18-15-19(7-3-2-5-9-23(11-12-23)21(25)26)17-20(16-18)8-4-6-10-24(13-14-24)22(27)28/h15-17H,2-14H2,1H3,(H,25,26)(H,27,28).